The zero-order valence-electron chi connectivity index (χ0n) is 13.8. The van der Waals surface area contributed by atoms with Crippen LogP contribution in [0.3, 0.4) is 0 Å². The van der Waals surface area contributed by atoms with E-state index in [2.05, 4.69) is 5.32 Å². The number of nitrogens with one attached hydrogen (secondary N) is 1. The minimum atomic E-state index is -0.151. The van der Waals surface area contributed by atoms with Crippen LogP contribution in [0.5, 0.6) is 5.75 Å². The summed E-state index contributed by atoms with van der Waals surface area (Å²) in [6, 6.07) is 13.0. The summed E-state index contributed by atoms with van der Waals surface area (Å²) in [5.74, 6) is 0.695. The molecule has 1 aliphatic heterocycles. The van der Waals surface area contributed by atoms with Crippen molar-refractivity contribution in [3.05, 3.63) is 59.2 Å². The predicted molar refractivity (Wildman–Crippen MR) is 92.3 cm³/mol. The molecular formula is C19H20N2O3. The maximum atomic E-state index is 12.4. The number of rotatable bonds is 5. The highest BCUT2D eigenvalue weighted by Crippen LogP contribution is 2.28. The summed E-state index contributed by atoms with van der Waals surface area (Å²) in [4.78, 5) is 25.7. The Kier molecular flexibility index (Phi) is 4.51. The summed E-state index contributed by atoms with van der Waals surface area (Å²) in [5, 5.41) is 2.91. The van der Waals surface area contributed by atoms with Crippen molar-refractivity contribution in [3.8, 4) is 5.75 Å². The molecule has 2 aromatic carbocycles. The molecule has 1 heterocycles. The third-order valence-electron chi connectivity index (χ3n) is 4.08. The first-order valence-electron chi connectivity index (χ1n) is 7.98. The van der Waals surface area contributed by atoms with Crippen molar-refractivity contribution in [2.45, 2.75) is 19.9 Å². The molecule has 0 bridgehead atoms. The van der Waals surface area contributed by atoms with Crippen LogP contribution in [0.15, 0.2) is 42.5 Å². The molecule has 0 spiro atoms. The van der Waals surface area contributed by atoms with Gasteiger partial charge in [0.1, 0.15) is 5.75 Å². The molecule has 1 N–H and O–H groups in total. The second kappa shape index (κ2) is 6.74. The number of hydrogen-bond donors (Lipinski definition) is 1. The summed E-state index contributed by atoms with van der Waals surface area (Å²) in [5.41, 5.74) is 3.32. The van der Waals surface area contributed by atoms with Gasteiger partial charge in [-0.3, -0.25) is 9.59 Å². The maximum absolute atomic E-state index is 12.4. The molecule has 1 aliphatic rings. The van der Waals surface area contributed by atoms with Crippen LogP contribution in [0.1, 0.15) is 28.4 Å². The van der Waals surface area contributed by atoms with E-state index < -0.39 is 0 Å². The first kappa shape index (κ1) is 16.1. The van der Waals surface area contributed by atoms with Crippen LogP contribution >= 0.6 is 0 Å². The lowest BCUT2D eigenvalue weighted by molar-refractivity contribution is -0.117. The molecule has 24 heavy (non-hydrogen) atoms. The van der Waals surface area contributed by atoms with Gasteiger partial charge >= 0.3 is 0 Å². The molecule has 0 aliphatic carbocycles. The largest absolute Gasteiger partial charge is 0.494 e. The molecule has 0 unspecified atom stereocenters. The second-order valence-electron chi connectivity index (χ2n) is 5.74. The number of carbonyl (C=O) groups is 2. The molecule has 3 rings (SSSR count). The molecule has 0 aromatic heterocycles. The molecular weight excluding hydrogens is 304 g/mol. The normalized spacial score (nSPS) is 12.9. The third kappa shape index (κ3) is 3.25. The van der Waals surface area contributed by atoms with Gasteiger partial charge in [0, 0.05) is 24.8 Å². The summed E-state index contributed by atoms with van der Waals surface area (Å²) in [7, 11) is 1.75. The van der Waals surface area contributed by atoms with Crippen molar-refractivity contribution in [2.75, 3.05) is 18.6 Å². The average molecular weight is 324 g/mol. The molecule has 5 nitrogen and oxygen atoms in total. The minimum absolute atomic E-state index is 0.0512. The zero-order chi connectivity index (χ0) is 17.1. The fourth-order valence-corrected chi connectivity index (χ4v) is 2.81. The maximum Gasteiger partial charge on any atom is 0.251 e. The van der Waals surface area contributed by atoms with E-state index in [4.69, 9.17) is 4.74 Å². The standard InChI is InChI=1S/C19H20N2O3/c1-3-24-16-6-4-5-13(9-16)12-20-19(23)14-7-8-17-15(10-14)11-18(22)21(17)2/h4-10H,3,11-12H2,1-2H3,(H,20,23). The van der Waals surface area contributed by atoms with Crippen LogP contribution in [0.4, 0.5) is 5.69 Å². The first-order valence-corrected chi connectivity index (χ1v) is 7.98. The van der Waals surface area contributed by atoms with Gasteiger partial charge in [-0.15, -0.1) is 0 Å². The summed E-state index contributed by atoms with van der Waals surface area (Å²) < 4.78 is 5.46. The van der Waals surface area contributed by atoms with Gasteiger partial charge in [0.2, 0.25) is 5.91 Å². The van der Waals surface area contributed by atoms with Gasteiger partial charge in [0.15, 0.2) is 0 Å². The van der Waals surface area contributed by atoms with Crippen LogP contribution in [-0.4, -0.2) is 25.5 Å². The number of nitrogens with zero attached hydrogens (tertiary/aromatic N) is 1. The number of amides is 2. The van der Waals surface area contributed by atoms with Gasteiger partial charge in [-0.05, 0) is 48.4 Å². The van der Waals surface area contributed by atoms with E-state index in [1.54, 1.807) is 24.1 Å². The number of benzene rings is 2. The molecule has 0 saturated carbocycles. The summed E-state index contributed by atoms with van der Waals surface area (Å²) in [6.07, 6.45) is 0.351. The van der Waals surface area contributed by atoms with Gasteiger partial charge < -0.3 is 15.0 Å². The van der Waals surface area contributed by atoms with E-state index in [1.165, 1.54) is 0 Å². The van der Waals surface area contributed by atoms with E-state index in [1.807, 2.05) is 37.3 Å². The van der Waals surface area contributed by atoms with Crippen LogP contribution in [-0.2, 0) is 17.8 Å². The molecule has 0 radical (unpaired) electrons. The number of carbonyl (C=O) groups excluding carboxylic acids is 2. The van der Waals surface area contributed by atoms with E-state index >= 15 is 0 Å². The highest BCUT2D eigenvalue weighted by atomic mass is 16.5. The third-order valence-corrected chi connectivity index (χ3v) is 4.08. The van der Waals surface area contributed by atoms with E-state index in [9.17, 15) is 9.59 Å². The Morgan fingerprint density at radius 1 is 1.25 bits per heavy atom. The molecule has 0 saturated heterocycles. The van der Waals surface area contributed by atoms with Crippen molar-refractivity contribution < 1.29 is 14.3 Å². The first-order chi connectivity index (χ1) is 11.6. The van der Waals surface area contributed by atoms with E-state index in [0.29, 0.717) is 25.1 Å². The average Bonchev–Trinajstić information content (AvgIpc) is 2.87. The Hall–Kier alpha value is -2.82. The van der Waals surface area contributed by atoms with E-state index in [-0.39, 0.29) is 11.8 Å². The quantitative estimate of drug-likeness (QED) is 0.919. The smallest absolute Gasteiger partial charge is 0.251 e. The fourth-order valence-electron chi connectivity index (χ4n) is 2.81. The lowest BCUT2D eigenvalue weighted by atomic mass is 10.1. The van der Waals surface area contributed by atoms with Crippen LogP contribution in [0, 0.1) is 0 Å². The van der Waals surface area contributed by atoms with Gasteiger partial charge in [-0.25, -0.2) is 0 Å². The number of ether oxygens (including phenoxy) is 1. The molecule has 2 amide bonds. The Labute approximate surface area is 141 Å². The van der Waals surface area contributed by atoms with Crippen molar-refractivity contribution in [2.24, 2.45) is 0 Å². The minimum Gasteiger partial charge on any atom is -0.494 e. The van der Waals surface area contributed by atoms with Crippen LogP contribution in [0.2, 0.25) is 0 Å². The Morgan fingerprint density at radius 2 is 2.08 bits per heavy atom. The van der Waals surface area contributed by atoms with Gasteiger partial charge in [0.05, 0.1) is 13.0 Å². The summed E-state index contributed by atoms with van der Waals surface area (Å²) >= 11 is 0. The summed E-state index contributed by atoms with van der Waals surface area (Å²) in [6.45, 7) is 2.97. The zero-order valence-corrected chi connectivity index (χ0v) is 13.8. The number of fused-ring (bicyclic) bond motifs is 1. The molecule has 0 atom stereocenters. The lowest BCUT2D eigenvalue weighted by Gasteiger charge is -2.11. The van der Waals surface area contributed by atoms with Crippen LogP contribution in [0.25, 0.3) is 0 Å². The highest BCUT2D eigenvalue weighted by molar-refractivity contribution is 6.03. The topological polar surface area (TPSA) is 58.6 Å². The molecule has 2 aromatic rings. The predicted octanol–water partition coefficient (Wildman–Crippen LogP) is 2.53. The van der Waals surface area contributed by atoms with Gasteiger partial charge in [-0.2, -0.15) is 0 Å². The lowest BCUT2D eigenvalue weighted by Crippen LogP contribution is -2.23. The van der Waals surface area contributed by atoms with Crippen molar-refractivity contribution in [1.29, 1.82) is 0 Å². The Bertz CT molecular complexity index is 786. The molecule has 0 fully saturated rings. The van der Waals surface area contributed by atoms with E-state index in [0.717, 1.165) is 22.6 Å². The van der Waals surface area contributed by atoms with Gasteiger partial charge in [0.25, 0.3) is 5.91 Å². The van der Waals surface area contributed by atoms with Crippen LogP contribution < -0.4 is 15.0 Å². The SMILES string of the molecule is CCOc1cccc(CNC(=O)c2ccc3c(c2)CC(=O)N3C)c1. The number of hydrogen-bond acceptors (Lipinski definition) is 3. The highest BCUT2D eigenvalue weighted by Gasteiger charge is 2.24. The van der Waals surface area contributed by atoms with Gasteiger partial charge in [-0.1, -0.05) is 12.1 Å². The molecule has 5 heteroatoms. The van der Waals surface area contributed by atoms with Crippen molar-refractivity contribution >= 4 is 17.5 Å². The van der Waals surface area contributed by atoms with Crippen molar-refractivity contribution in [3.63, 3.8) is 0 Å². The molecule has 124 valence electrons. The fraction of sp³-hybridized carbons (Fsp3) is 0.263. The monoisotopic (exact) mass is 324 g/mol. The Morgan fingerprint density at radius 3 is 2.88 bits per heavy atom. The Balaban J connectivity index is 1.67. The van der Waals surface area contributed by atoms with Crippen molar-refractivity contribution in [1.82, 2.24) is 5.32 Å². The number of anilines is 1. The number of likely N-dealkylation sites (N-methyl/N-ethyl adjacent to an activating group) is 1. The second-order valence-corrected chi connectivity index (χ2v) is 5.74.